The van der Waals surface area contributed by atoms with Crippen LogP contribution in [0.5, 0.6) is 0 Å². The minimum Gasteiger partial charge on any atom is -0.353 e. The third-order valence-corrected chi connectivity index (χ3v) is 6.05. The maximum Gasteiger partial charge on any atom is 0.267 e. The second-order valence-electron chi connectivity index (χ2n) is 8.23. The molecule has 1 aliphatic rings. The summed E-state index contributed by atoms with van der Waals surface area (Å²) in [5.41, 5.74) is 1.92. The molecular formula is C22H24N8O2. The summed E-state index contributed by atoms with van der Waals surface area (Å²) in [7, 11) is 3.49. The van der Waals surface area contributed by atoms with Crippen LogP contribution < -0.4 is 16.4 Å². The van der Waals surface area contributed by atoms with E-state index < -0.39 is 0 Å². The van der Waals surface area contributed by atoms with Crippen molar-refractivity contribution in [3.05, 3.63) is 63.6 Å². The van der Waals surface area contributed by atoms with Gasteiger partial charge in [-0.15, -0.1) is 0 Å². The summed E-state index contributed by atoms with van der Waals surface area (Å²) < 4.78 is 4.74. The number of fused-ring (bicyclic) bond motifs is 1. The first-order valence-corrected chi connectivity index (χ1v) is 10.7. The molecule has 32 heavy (non-hydrogen) atoms. The molecule has 1 fully saturated rings. The number of aryl methyl sites for hydroxylation is 1. The number of aromatic nitrogens is 7. The molecule has 0 amide bonds. The van der Waals surface area contributed by atoms with Gasteiger partial charge in [0.15, 0.2) is 5.65 Å². The smallest absolute Gasteiger partial charge is 0.267 e. The second-order valence-corrected chi connectivity index (χ2v) is 8.23. The van der Waals surface area contributed by atoms with E-state index in [2.05, 4.69) is 25.5 Å². The summed E-state index contributed by atoms with van der Waals surface area (Å²) in [4.78, 5) is 33.7. The van der Waals surface area contributed by atoms with Gasteiger partial charge in [-0.1, -0.05) is 0 Å². The van der Waals surface area contributed by atoms with E-state index in [4.69, 9.17) is 0 Å². The van der Waals surface area contributed by atoms with E-state index >= 15 is 0 Å². The lowest BCUT2D eigenvalue weighted by atomic mass is 9.91. The minimum absolute atomic E-state index is 0.0392. The van der Waals surface area contributed by atoms with Crippen molar-refractivity contribution in [1.82, 2.24) is 34.1 Å². The second kappa shape index (κ2) is 8.03. The van der Waals surface area contributed by atoms with Crippen LogP contribution in [0, 0.1) is 0 Å². The zero-order chi connectivity index (χ0) is 22.2. The normalized spacial score (nSPS) is 18.7. The van der Waals surface area contributed by atoms with Crippen molar-refractivity contribution in [2.24, 2.45) is 14.1 Å². The van der Waals surface area contributed by atoms with E-state index in [1.807, 2.05) is 12.1 Å². The predicted molar refractivity (Wildman–Crippen MR) is 120 cm³/mol. The van der Waals surface area contributed by atoms with Crippen LogP contribution in [0.25, 0.3) is 22.3 Å². The molecule has 4 aromatic rings. The van der Waals surface area contributed by atoms with Gasteiger partial charge < -0.3 is 5.32 Å². The number of nitrogens with one attached hydrogen (secondary N) is 1. The van der Waals surface area contributed by atoms with Crippen LogP contribution in [0.15, 0.2) is 52.4 Å². The van der Waals surface area contributed by atoms with Crippen molar-refractivity contribution in [2.75, 3.05) is 5.32 Å². The van der Waals surface area contributed by atoms with Crippen LogP contribution in [0.1, 0.15) is 31.7 Å². The average molecular weight is 432 g/mol. The highest BCUT2D eigenvalue weighted by atomic mass is 16.1. The minimum atomic E-state index is -0.122. The summed E-state index contributed by atoms with van der Waals surface area (Å²) in [6.45, 7) is 0. The van der Waals surface area contributed by atoms with Gasteiger partial charge in [-0.05, 0) is 43.9 Å². The molecule has 5 rings (SSSR count). The highest BCUT2D eigenvalue weighted by Gasteiger charge is 2.25. The Bertz CT molecular complexity index is 1380. The molecule has 0 atom stereocenters. The Morgan fingerprint density at radius 2 is 1.72 bits per heavy atom. The number of pyridine rings is 1. The molecule has 1 aliphatic carbocycles. The standard InChI is InChI=1S/C22H24N8O2/c1-28-13-17-20(27-28)25-22(29(2)21(17)32)24-15-3-5-16(6-4-15)30-19(31)8-7-18(26-30)14-9-11-23-12-10-14/h7-13,15-16H,3-6H2,1-2H3,(H,24,25,27). The molecular weight excluding hydrogens is 408 g/mol. The molecule has 4 aromatic heterocycles. The Morgan fingerprint density at radius 1 is 0.969 bits per heavy atom. The molecule has 0 radical (unpaired) electrons. The molecule has 164 valence electrons. The van der Waals surface area contributed by atoms with Crippen LogP contribution in [0.3, 0.4) is 0 Å². The molecule has 0 saturated heterocycles. The molecule has 1 saturated carbocycles. The molecule has 4 heterocycles. The number of hydrogen-bond donors (Lipinski definition) is 1. The third kappa shape index (κ3) is 3.68. The van der Waals surface area contributed by atoms with E-state index in [1.165, 1.54) is 4.57 Å². The number of anilines is 1. The summed E-state index contributed by atoms with van der Waals surface area (Å²) in [5.74, 6) is 0.514. The number of nitrogens with zero attached hydrogens (tertiary/aromatic N) is 7. The van der Waals surface area contributed by atoms with Gasteiger partial charge in [0.25, 0.3) is 11.1 Å². The van der Waals surface area contributed by atoms with Crippen molar-refractivity contribution in [1.29, 1.82) is 0 Å². The average Bonchev–Trinajstić information content (AvgIpc) is 3.19. The Hall–Kier alpha value is -3.82. The fourth-order valence-electron chi connectivity index (χ4n) is 4.30. The van der Waals surface area contributed by atoms with Gasteiger partial charge >= 0.3 is 0 Å². The summed E-state index contributed by atoms with van der Waals surface area (Å²) in [6, 6.07) is 7.29. The monoisotopic (exact) mass is 432 g/mol. The fourth-order valence-corrected chi connectivity index (χ4v) is 4.30. The first-order chi connectivity index (χ1) is 15.5. The maximum atomic E-state index is 12.6. The lowest BCUT2D eigenvalue weighted by Gasteiger charge is -2.30. The number of rotatable bonds is 4. The van der Waals surface area contributed by atoms with Gasteiger partial charge in [0.05, 0.1) is 11.7 Å². The molecule has 0 aromatic carbocycles. The molecule has 0 unspecified atom stereocenters. The van der Waals surface area contributed by atoms with E-state index in [0.29, 0.717) is 17.0 Å². The SMILES string of the molecule is Cn1cc2c(=O)n(C)c(NC3CCC(n4nc(-c5ccncc5)ccc4=O)CC3)nc2n1. The van der Waals surface area contributed by atoms with Crippen molar-refractivity contribution < 1.29 is 0 Å². The molecule has 10 nitrogen and oxygen atoms in total. The highest BCUT2D eigenvalue weighted by Crippen LogP contribution is 2.29. The van der Waals surface area contributed by atoms with Crippen LogP contribution in [-0.2, 0) is 14.1 Å². The summed E-state index contributed by atoms with van der Waals surface area (Å²) in [5, 5.41) is 12.8. The van der Waals surface area contributed by atoms with Crippen LogP contribution in [0.4, 0.5) is 5.95 Å². The van der Waals surface area contributed by atoms with Crippen molar-refractivity contribution >= 4 is 17.0 Å². The lowest BCUT2D eigenvalue weighted by molar-refractivity contribution is 0.303. The van der Waals surface area contributed by atoms with Gasteiger partial charge in [-0.25, -0.2) is 4.68 Å². The summed E-state index contributed by atoms with van der Waals surface area (Å²) in [6.07, 6.45) is 8.42. The summed E-state index contributed by atoms with van der Waals surface area (Å²) >= 11 is 0. The van der Waals surface area contributed by atoms with Gasteiger partial charge in [-0.2, -0.15) is 15.2 Å². The zero-order valence-electron chi connectivity index (χ0n) is 18.0. The maximum absolute atomic E-state index is 12.6. The topological polar surface area (TPSA) is 113 Å². The number of hydrogen-bond acceptors (Lipinski definition) is 7. The Kier molecular flexibility index (Phi) is 5.04. The van der Waals surface area contributed by atoms with Gasteiger partial charge in [0, 0.05) is 50.4 Å². The molecule has 0 bridgehead atoms. The fraction of sp³-hybridized carbons (Fsp3) is 0.364. The molecule has 0 spiro atoms. The van der Waals surface area contributed by atoms with Crippen LogP contribution >= 0.6 is 0 Å². The van der Waals surface area contributed by atoms with E-state index in [9.17, 15) is 9.59 Å². The Morgan fingerprint density at radius 3 is 2.47 bits per heavy atom. The largest absolute Gasteiger partial charge is 0.353 e. The lowest BCUT2D eigenvalue weighted by Crippen LogP contribution is -2.34. The quantitative estimate of drug-likeness (QED) is 0.524. The van der Waals surface area contributed by atoms with Gasteiger partial charge in [0.1, 0.15) is 5.39 Å². The van der Waals surface area contributed by atoms with Gasteiger partial charge in [0.2, 0.25) is 5.95 Å². The zero-order valence-corrected chi connectivity index (χ0v) is 18.0. The van der Waals surface area contributed by atoms with Gasteiger partial charge in [-0.3, -0.25) is 23.8 Å². The van der Waals surface area contributed by atoms with Crippen molar-refractivity contribution in [2.45, 2.75) is 37.8 Å². The van der Waals surface area contributed by atoms with Crippen LogP contribution in [0.2, 0.25) is 0 Å². The van der Waals surface area contributed by atoms with Crippen molar-refractivity contribution in [3.8, 4) is 11.3 Å². The van der Waals surface area contributed by atoms with Crippen molar-refractivity contribution in [3.63, 3.8) is 0 Å². The Balaban J connectivity index is 1.32. The van der Waals surface area contributed by atoms with E-state index in [-0.39, 0.29) is 23.2 Å². The predicted octanol–water partition coefficient (Wildman–Crippen LogP) is 1.88. The first kappa shape index (κ1) is 20.1. The van der Waals surface area contributed by atoms with E-state index in [0.717, 1.165) is 36.9 Å². The highest BCUT2D eigenvalue weighted by molar-refractivity contribution is 5.74. The van der Waals surface area contributed by atoms with E-state index in [1.54, 1.807) is 54.2 Å². The third-order valence-electron chi connectivity index (χ3n) is 6.05. The Labute approximate surface area is 183 Å². The first-order valence-electron chi connectivity index (χ1n) is 10.7. The molecule has 10 heteroatoms. The van der Waals surface area contributed by atoms with Crippen LogP contribution in [-0.4, -0.2) is 40.1 Å². The molecule has 0 aliphatic heterocycles. The molecule has 1 N–H and O–H groups in total.